The van der Waals surface area contributed by atoms with E-state index in [1.165, 1.54) is 21.8 Å². The molecular formula is C20H24N3O2S2+. The number of ether oxygens (including phenoxy) is 1. The van der Waals surface area contributed by atoms with Crippen molar-refractivity contribution >= 4 is 43.9 Å². The van der Waals surface area contributed by atoms with E-state index in [0.717, 1.165) is 59.5 Å². The van der Waals surface area contributed by atoms with Crippen molar-refractivity contribution in [3.8, 4) is 0 Å². The van der Waals surface area contributed by atoms with Gasteiger partial charge in [-0.25, -0.2) is 4.98 Å². The molecule has 1 aromatic carbocycles. The summed E-state index contributed by atoms with van der Waals surface area (Å²) in [6.07, 6.45) is 0.942. The molecule has 1 aliphatic rings. The highest BCUT2D eigenvalue weighted by Gasteiger charge is 2.25. The first-order chi connectivity index (χ1) is 13.3. The van der Waals surface area contributed by atoms with Crippen molar-refractivity contribution in [2.75, 3.05) is 44.3 Å². The second-order valence-corrected chi connectivity index (χ2v) is 8.62. The van der Waals surface area contributed by atoms with E-state index in [9.17, 15) is 4.79 Å². The Labute approximate surface area is 167 Å². The van der Waals surface area contributed by atoms with Gasteiger partial charge in [-0.15, -0.1) is 11.3 Å². The fraction of sp³-hybridized carbons (Fsp3) is 0.400. The fourth-order valence-electron chi connectivity index (χ4n) is 3.39. The molecular weight excluding hydrogens is 378 g/mol. The van der Waals surface area contributed by atoms with Crippen molar-refractivity contribution in [1.82, 2.24) is 4.98 Å². The average Bonchev–Trinajstić information content (AvgIpc) is 3.38. The van der Waals surface area contributed by atoms with Gasteiger partial charge < -0.3 is 9.64 Å². The van der Waals surface area contributed by atoms with E-state index in [0.29, 0.717) is 6.54 Å². The summed E-state index contributed by atoms with van der Waals surface area (Å²) in [6.45, 7) is 7.33. The Morgan fingerprint density at radius 3 is 2.85 bits per heavy atom. The highest BCUT2D eigenvalue weighted by atomic mass is 32.1. The smallest absolute Gasteiger partial charge is 0.270 e. The van der Waals surface area contributed by atoms with Crippen LogP contribution >= 0.6 is 22.7 Å². The zero-order chi connectivity index (χ0) is 18.6. The molecule has 0 atom stereocenters. The van der Waals surface area contributed by atoms with Crippen LogP contribution in [0.25, 0.3) is 10.2 Å². The molecule has 0 radical (unpaired) electrons. The third-order valence-corrected chi connectivity index (χ3v) is 6.87. The number of fused-ring (bicyclic) bond motifs is 1. The van der Waals surface area contributed by atoms with Gasteiger partial charge in [0.2, 0.25) is 0 Å². The Balaban J connectivity index is 1.63. The summed E-state index contributed by atoms with van der Waals surface area (Å²) in [5, 5.41) is 2.75. The number of hydrogen-bond acceptors (Lipinski definition) is 5. The second-order valence-electron chi connectivity index (χ2n) is 6.66. The van der Waals surface area contributed by atoms with Crippen molar-refractivity contribution in [3.63, 3.8) is 0 Å². The molecule has 1 saturated heterocycles. The fourth-order valence-corrected chi connectivity index (χ4v) is 5.10. The molecule has 0 unspecified atom stereocenters. The maximum atomic E-state index is 13.2. The quantitative estimate of drug-likeness (QED) is 0.689. The minimum Gasteiger partial charge on any atom is -0.370 e. The van der Waals surface area contributed by atoms with E-state index >= 15 is 0 Å². The number of carbonyl (C=O) groups excluding carboxylic acids is 1. The number of thiophene rings is 1. The number of thiazole rings is 1. The number of aryl methyl sites for hydroxylation is 1. The lowest BCUT2D eigenvalue weighted by atomic mass is 10.1. The van der Waals surface area contributed by atoms with Gasteiger partial charge in [-0.1, -0.05) is 36.5 Å². The topological polar surface area (TPSA) is 46.9 Å². The molecule has 3 heterocycles. The van der Waals surface area contributed by atoms with Crippen LogP contribution in [0.4, 0.5) is 5.13 Å². The predicted octanol–water partition coefficient (Wildman–Crippen LogP) is 2.48. The first kappa shape index (κ1) is 18.6. The lowest BCUT2D eigenvalue weighted by Crippen LogP contribution is -3.14. The van der Waals surface area contributed by atoms with Crippen molar-refractivity contribution < 1.29 is 14.4 Å². The lowest BCUT2D eigenvalue weighted by molar-refractivity contribution is -0.906. The number of para-hydroxylation sites is 1. The standard InChI is InChI=1S/C20H23N3O2S2/c1-2-15-5-3-6-16-18(15)21-20(27-16)23(19(24)17-7-4-14-26-17)9-8-22-10-12-25-13-11-22/h3-7,14H,2,8-13H2,1H3/p+1. The molecule has 1 N–H and O–H groups in total. The number of rotatable bonds is 6. The number of aromatic nitrogens is 1. The van der Waals surface area contributed by atoms with Crippen molar-refractivity contribution in [2.45, 2.75) is 13.3 Å². The number of benzene rings is 1. The Kier molecular flexibility index (Phi) is 5.83. The van der Waals surface area contributed by atoms with Crippen LogP contribution in [-0.2, 0) is 11.2 Å². The minimum atomic E-state index is 0.0507. The summed E-state index contributed by atoms with van der Waals surface area (Å²) in [6, 6.07) is 10.1. The maximum Gasteiger partial charge on any atom is 0.270 e. The number of quaternary nitrogens is 1. The van der Waals surface area contributed by atoms with Crippen molar-refractivity contribution in [3.05, 3.63) is 46.2 Å². The lowest BCUT2D eigenvalue weighted by Gasteiger charge is -2.26. The highest BCUT2D eigenvalue weighted by Crippen LogP contribution is 2.32. The third kappa shape index (κ3) is 4.06. The molecule has 2 aromatic heterocycles. The Bertz CT molecular complexity index is 901. The summed E-state index contributed by atoms with van der Waals surface area (Å²) in [5.41, 5.74) is 2.26. The van der Waals surface area contributed by atoms with Crippen LogP contribution in [0.1, 0.15) is 22.2 Å². The van der Waals surface area contributed by atoms with Crippen LogP contribution in [0.3, 0.4) is 0 Å². The van der Waals surface area contributed by atoms with Crippen LogP contribution in [0.2, 0.25) is 0 Å². The molecule has 0 spiro atoms. The van der Waals surface area contributed by atoms with Crippen LogP contribution in [0, 0.1) is 0 Å². The van der Waals surface area contributed by atoms with E-state index in [4.69, 9.17) is 9.72 Å². The number of carbonyl (C=O) groups is 1. The minimum absolute atomic E-state index is 0.0507. The van der Waals surface area contributed by atoms with Crippen LogP contribution in [-0.4, -0.2) is 50.3 Å². The van der Waals surface area contributed by atoms with Gasteiger partial charge in [0, 0.05) is 0 Å². The molecule has 1 amide bonds. The molecule has 27 heavy (non-hydrogen) atoms. The number of anilines is 1. The molecule has 142 valence electrons. The molecule has 5 nitrogen and oxygen atoms in total. The summed E-state index contributed by atoms with van der Waals surface area (Å²) in [7, 11) is 0. The highest BCUT2D eigenvalue weighted by molar-refractivity contribution is 7.22. The third-order valence-electron chi connectivity index (χ3n) is 4.97. The Hall–Kier alpha value is -1.80. The average molecular weight is 403 g/mol. The van der Waals surface area contributed by atoms with Crippen molar-refractivity contribution in [2.24, 2.45) is 0 Å². The van der Waals surface area contributed by atoms with Gasteiger partial charge in [-0.3, -0.25) is 9.69 Å². The molecule has 0 aliphatic carbocycles. The molecule has 1 fully saturated rings. The Morgan fingerprint density at radius 2 is 2.11 bits per heavy atom. The summed E-state index contributed by atoms with van der Waals surface area (Å²) in [5.74, 6) is 0.0507. The van der Waals surface area contributed by atoms with Crippen LogP contribution < -0.4 is 9.80 Å². The van der Waals surface area contributed by atoms with Gasteiger partial charge in [-0.2, -0.15) is 0 Å². The number of hydrogen-bond donors (Lipinski definition) is 1. The molecule has 4 rings (SSSR count). The van der Waals surface area contributed by atoms with Gasteiger partial charge >= 0.3 is 0 Å². The van der Waals surface area contributed by atoms with Gasteiger partial charge in [0.15, 0.2) is 5.13 Å². The summed E-state index contributed by atoms with van der Waals surface area (Å²) >= 11 is 3.10. The van der Waals surface area contributed by atoms with E-state index in [2.05, 4.69) is 25.1 Å². The number of morpholine rings is 1. The molecule has 0 bridgehead atoms. The Morgan fingerprint density at radius 1 is 1.26 bits per heavy atom. The number of nitrogens with zero attached hydrogens (tertiary/aromatic N) is 2. The van der Waals surface area contributed by atoms with E-state index in [1.54, 1.807) is 11.3 Å². The van der Waals surface area contributed by atoms with E-state index in [-0.39, 0.29) is 5.91 Å². The second kappa shape index (κ2) is 8.48. The van der Waals surface area contributed by atoms with Gasteiger partial charge in [-0.05, 0) is 29.5 Å². The monoisotopic (exact) mass is 402 g/mol. The zero-order valence-electron chi connectivity index (χ0n) is 15.4. The van der Waals surface area contributed by atoms with Crippen LogP contribution in [0.15, 0.2) is 35.7 Å². The van der Waals surface area contributed by atoms with Gasteiger partial charge in [0.05, 0.1) is 41.4 Å². The maximum absolute atomic E-state index is 13.2. The zero-order valence-corrected chi connectivity index (χ0v) is 17.1. The summed E-state index contributed by atoms with van der Waals surface area (Å²) in [4.78, 5) is 22.2. The van der Waals surface area contributed by atoms with E-state index < -0.39 is 0 Å². The number of nitrogens with one attached hydrogen (secondary N) is 1. The first-order valence-corrected chi connectivity index (χ1v) is 11.1. The number of amides is 1. The first-order valence-electron chi connectivity index (χ1n) is 9.41. The van der Waals surface area contributed by atoms with Gasteiger partial charge in [0.1, 0.15) is 13.1 Å². The molecule has 1 aliphatic heterocycles. The van der Waals surface area contributed by atoms with Gasteiger partial charge in [0.25, 0.3) is 5.91 Å². The van der Waals surface area contributed by atoms with Crippen molar-refractivity contribution in [1.29, 1.82) is 0 Å². The predicted molar refractivity (Wildman–Crippen MR) is 111 cm³/mol. The van der Waals surface area contributed by atoms with Crippen LogP contribution in [0.5, 0.6) is 0 Å². The molecule has 3 aromatic rings. The largest absolute Gasteiger partial charge is 0.370 e. The molecule has 0 saturated carbocycles. The normalized spacial score (nSPS) is 15.3. The SMILES string of the molecule is CCc1cccc2sc(N(CC[NH+]3CCOCC3)C(=O)c3cccs3)nc12. The summed E-state index contributed by atoms with van der Waals surface area (Å²) < 4.78 is 6.60. The molecule has 7 heteroatoms. The van der Waals surface area contributed by atoms with E-state index in [1.807, 2.05) is 22.4 Å².